The second kappa shape index (κ2) is 8.60. The van der Waals surface area contributed by atoms with Crippen LogP contribution < -0.4 is 0 Å². The van der Waals surface area contributed by atoms with Crippen molar-refractivity contribution in [1.29, 1.82) is 0 Å². The molecule has 0 atom stereocenters. The van der Waals surface area contributed by atoms with E-state index >= 15 is 0 Å². The fraction of sp³-hybridized carbons (Fsp3) is 0.588. The molecular formula is C17H26N2O4S. The van der Waals surface area contributed by atoms with Gasteiger partial charge in [-0.1, -0.05) is 12.1 Å². The Labute approximate surface area is 144 Å². The Hall–Kier alpha value is -1.44. The topological polar surface area (TPSA) is 66.9 Å². The molecule has 0 N–H and O–H groups in total. The number of rotatable bonds is 7. The van der Waals surface area contributed by atoms with Crippen LogP contribution in [0.15, 0.2) is 29.2 Å². The van der Waals surface area contributed by atoms with Crippen molar-refractivity contribution in [3.8, 4) is 0 Å². The van der Waals surface area contributed by atoms with Crippen LogP contribution in [0.2, 0.25) is 0 Å². The Balaban J connectivity index is 1.98. The zero-order valence-electron chi connectivity index (χ0n) is 14.4. The highest BCUT2D eigenvalue weighted by molar-refractivity contribution is 7.89. The molecule has 1 aromatic rings. The molecular weight excluding hydrogens is 328 g/mol. The Kier molecular flexibility index (Phi) is 6.77. The lowest BCUT2D eigenvalue weighted by atomic mass is 10.1. The van der Waals surface area contributed by atoms with Gasteiger partial charge in [-0.05, 0) is 38.0 Å². The molecule has 1 heterocycles. The van der Waals surface area contributed by atoms with Gasteiger partial charge in [0.2, 0.25) is 15.9 Å². The number of hydrogen-bond donors (Lipinski definition) is 0. The Morgan fingerprint density at radius 2 is 1.71 bits per heavy atom. The first-order chi connectivity index (χ1) is 11.5. The second-order valence-electron chi connectivity index (χ2n) is 5.73. The normalized spacial score (nSPS) is 16.1. The summed E-state index contributed by atoms with van der Waals surface area (Å²) in [7, 11) is -3.45. The third-order valence-electron chi connectivity index (χ3n) is 4.27. The minimum Gasteiger partial charge on any atom is -0.379 e. The number of morpholine rings is 1. The molecule has 134 valence electrons. The second-order valence-corrected chi connectivity index (χ2v) is 7.66. The molecule has 0 aliphatic carbocycles. The molecule has 2 rings (SSSR count). The van der Waals surface area contributed by atoms with Crippen molar-refractivity contribution in [2.75, 3.05) is 39.4 Å². The lowest BCUT2D eigenvalue weighted by molar-refractivity contribution is -0.130. The highest BCUT2D eigenvalue weighted by Crippen LogP contribution is 2.18. The van der Waals surface area contributed by atoms with Crippen LogP contribution in [0.1, 0.15) is 25.8 Å². The van der Waals surface area contributed by atoms with Crippen molar-refractivity contribution in [2.45, 2.75) is 31.6 Å². The molecule has 1 fully saturated rings. The third kappa shape index (κ3) is 4.55. The summed E-state index contributed by atoms with van der Waals surface area (Å²) in [5, 5.41) is 0. The summed E-state index contributed by atoms with van der Waals surface area (Å²) in [5.41, 5.74) is 0.969. The van der Waals surface area contributed by atoms with Gasteiger partial charge in [-0.3, -0.25) is 4.79 Å². The van der Waals surface area contributed by atoms with Crippen molar-refractivity contribution >= 4 is 15.9 Å². The maximum Gasteiger partial charge on any atom is 0.243 e. The van der Waals surface area contributed by atoms with Crippen molar-refractivity contribution in [1.82, 2.24) is 9.21 Å². The van der Waals surface area contributed by atoms with Gasteiger partial charge in [0.25, 0.3) is 0 Å². The first kappa shape index (κ1) is 18.9. The van der Waals surface area contributed by atoms with E-state index < -0.39 is 10.0 Å². The summed E-state index contributed by atoms with van der Waals surface area (Å²) in [6.07, 6.45) is 1.06. The van der Waals surface area contributed by atoms with E-state index in [0.717, 1.165) is 5.56 Å². The number of sulfonamides is 1. The number of carbonyl (C=O) groups excluding carboxylic acids is 1. The summed E-state index contributed by atoms with van der Waals surface area (Å²) in [4.78, 5) is 14.1. The lowest BCUT2D eigenvalue weighted by Gasteiger charge is -2.26. The molecule has 0 aromatic heterocycles. The van der Waals surface area contributed by atoms with Crippen molar-refractivity contribution in [3.05, 3.63) is 29.8 Å². The molecule has 0 radical (unpaired) electrons. The maximum atomic E-state index is 12.5. The van der Waals surface area contributed by atoms with E-state index in [1.54, 1.807) is 29.2 Å². The van der Waals surface area contributed by atoms with Gasteiger partial charge in [0, 0.05) is 32.6 Å². The van der Waals surface area contributed by atoms with E-state index in [0.29, 0.717) is 57.1 Å². The van der Waals surface area contributed by atoms with Crippen molar-refractivity contribution in [2.24, 2.45) is 0 Å². The van der Waals surface area contributed by atoms with Crippen LogP contribution in [0, 0.1) is 0 Å². The Morgan fingerprint density at radius 3 is 2.25 bits per heavy atom. The number of nitrogens with zero attached hydrogens (tertiary/aromatic N) is 2. The van der Waals surface area contributed by atoms with E-state index in [1.165, 1.54) is 4.31 Å². The molecule has 6 nitrogen and oxygen atoms in total. The van der Waals surface area contributed by atoms with Gasteiger partial charge in [-0.2, -0.15) is 4.31 Å². The average Bonchev–Trinajstić information content (AvgIpc) is 2.62. The largest absolute Gasteiger partial charge is 0.379 e. The minimum atomic E-state index is -3.45. The fourth-order valence-corrected chi connectivity index (χ4v) is 4.16. The molecule has 1 saturated heterocycles. The molecule has 0 bridgehead atoms. The zero-order chi connectivity index (χ0) is 17.6. The van der Waals surface area contributed by atoms with Crippen LogP contribution in [0.4, 0.5) is 0 Å². The zero-order valence-corrected chi connectivity index (χ0v) is 15.2. The van der Waals surface area contributed by atoms with Gasteiger partial charge in [0.05, 0.1) is 18.1 Å². The predicted octanol–water partition coefficient (Wildman–Crippen LogP) is 1.51. The van der Waals surface area contributed by atoms with E-state index in [-0.39, 0.29) is 5.91 Å². The average molecular weight is 354 g/mol. The number of hydrogen-bond acceptors (Lipinski definition) is 4. The van der Waals surface area contributed by atoms with Crippen LogP contribution >= 0.6 is 0 Å². The van der Waals surface area contributed by atoms with Crippen molar-refractivity contribution in [3.63, 3.8) is 0 Å². The van der Waals surface area contributed by atoms with Crippen LogP contribution in [0.25, 0.3) is 0 Å². The molecule has 0 spiro atoms. The van der Waals surface area contributed by atoms with Gasteiger partial charge in [-0.25, -0.2) is 8.42 Å². The number of amides is 1. The summed E-state index contributed by atoms with van der Waals surface area (Å²) in [6, 6.07) is 6.84. The SMILES string of the molecule is CCN(CC)C(=O)CCc1ccc(S(=O)(=O)N2CCOCC2)cc1. The fourth-order valence-electron chi connectivity index (χ4n) is 2.75. The first-order valence-corrected chi connectivity index (χ1v) is 9.87. The Bertz CT molecular complexity index is 633. The first-order valence-electron chi connectivity index (χ1n) is 8.43. The molecule has 0 saturated carbocycles. The number of benzene rings is 1. The van der Waals surface area contributed by atoms with Crippen LogP contribution in [-0.4, -0.2) is 62.9 Å². The quantitative estimate of drug-likeness (QED) is 0.744. The van der Waals surface area contributed by atoms with Gasteiger partial charge < -0.3 is 9.64 Å². The molecule has 7 heteroatoms. The monoisotopic (exact) mass is 354 g/mol. The van der Waals surface area contributed by atoms with Crippen LogP contribution in [0.3, 0.4) is 0 Å². The van der Waals surface area contributed by atoms with Crippen molar-refractivity contribution < 1.29 is 17.9 Å². The van der Waals surface area contributed by atoms with E-state index in [9.17, 15) is 13.2 Å². The summed E-state index contributed by atoms with van der Waals surface area (Å²) in [6.45, 7) is 7.01. The molecule has 0 unspecified atom stereocenters. The van der Waals surface area contributed by atoms with Gasteiger partial charge in [-0.15, -0.1) is 0 Å². The lowest BCUT2D eigenvalue weighted by Crippen LogP contribution is -2.40. The van der Waals surface area contributed by atoms with Gasteiger partial charge in [0.15, 0.2) is 0 Å². The van der Waals surface area contributed by atoms with Gasteiger partial charge in [0.1, 0.15) is 0 Å². The number of aryl methyl sites for hydroxylation is 1. The molecule has 1 aliphatic rings. The van der Waals surface area contributed by atoms with E-state index in [1.807, 2.05) is 13.8 Å². The highest BCUT2D eigenvalue weighted by atomic mass is 32.2. The molecule has 1 aromatic carbocycles. The Morgan fingerprint density at radius 1 is 1.12 bits per heavy atom. The molecule has 24 heavy (non-hydrogen) atoms. The summed E-state index contributed by atoms with van der Waals surface area (Å²) >= 11 is 0. The summed E-state index contributed by atoms with van der Waals surface area (Å²) in [5.74, 6) is 0.130. The highest BCUT2D eigenvalue weighted by Gasteiger charge is 2.26. The minimum absolute atomic E-state index is 0.130. The molecule has 1 aliphatic heterocycles. The predicted molar refractivity (Wildman–Crippen MR) is 92.3 cm³/mol. The van der Waals surface area contributed by atoms with Crippen LogP contribution in [-0.2, 0) is 26.0 Å². The van der Waals surface area contributed by atoms with Crippen LogP contribution in [0.5, 0.6) is 0 Å². The number of ether oxygens (including phenoxy) is 1. The van der Waals surface area contributed by atoms with E-state index in [4.69, 9.17) is 4.74 Å². The maximum absolute atomic E-state index is 12.5. The third-order valence-corrected chi connectivity index (χ3v) is 6.19. The van der Waals surface area contributed by atoms with E-state index in [2.05, 4.69) is 0 Å². The smallest absolute Gasteiger partial charge is 0.243 e. The summed E-state index contributed by atoms with van der Waals surface area (Å²) < 4.78 is 31.7. The number of carbonyl (C=O) groups is 1. The molecule has 1 amide bonds. The van der Waals surface area contributed by atoms with Gasteiger partial charge >= 0.3 is 0 Å². The standard InChI is InChI=1S/C17H26N2O4S/c1-3-18(4-2)17(20)10-7-15-5-8-16(9-6-15)24(21,22)19-11-13-23-14-12-19/h5-6,8-9H,3-4,7,10-14H2,1-2H3.